The summed E-state index contributed by atoms with van der Waals surface area (Å²) in [5, 5.41) is 0.741. The van der Waals surface area contributed by atoms with E-state index in [1.54, 1.807) is 24.9 Å². The van der Waals surface area contributed by atoms with Crippen LogP contribution in [0, 0.1) is 23.7 Å². The SMILES string of the molecule is C/C=C(\C=C(\F)C(C)=O)C(/C)=C/C(=NC(C)CC(C)(C)CC)C(F)(F)F.CC.CC(=O)C(CC1=CN(C(F)F)NC1)N1CCC2(CC2c2ccc(-c3cnc4nc(C5CC5)cn4c3)nc2C)C1=O.CCC(C)C. The number of hydrazine groups is 1. The van der Waals surface area contributed by atoms with Crippen molar-refractivity contribution < 1.29 is 40.7 Å². The van der Waals surface area contributed by atoms with Gasteiger partial charge in [-0.15, -0.1) is 0 Å². The highest BCUT2D eigenvalue weighted by Gasteiger charge is 2.65. The second-order valence-corrected chi connectivity index (χ2v) is 20.7. The molecular formula is C56H78F6N8O3. The van der Waals surface area contributed by atoms with E-state index in [2.05, 4.69) is 53.4 Å². The van der Waals surface area contributed by atoms with E-state index in [4.69, 9.17) is 4.98 Å². The van der Waals surface area contributed by atoms with Gasteiger partial charge in [0.25, 0.3) is 0 Å². The van der Waals surface area contributed by atoms with E-state index < -0.39 is 47.5 Å². The average Bonchev–Trinajstić information content (AvgIpc) is 4.17. The van der Waals surface area contributed by atoms with Gasteiger partial charge in [-0.3, -0.25) is 33.8 Å². The fourth-order valence-corrected chi connectivity index (χ4v) is 8.87. The lowest BCUT2D eigenvalue weighted by Gasteiger charge is -2.26. The maximum atomic E-state index is 13.7. The summed E-state index contributed by atoms with van der Waals surface area (Å²) in [6.45, 7) is 23.8. The number of aliphatic imine (C=N–C) groups is 1. The number of Topliss-reactive ketones (excluding diaryl/α,β-unsaturated/α-hetero) is 2. The molecule has 3 aromatic rings. The van der Waals surface area contributed by atoms with Crippen LogP contribution in [0.3, 0.4) is 0 Å². The minimum absolute atomic E-state index is 0.0142. The zero-order valence-electron chi connectivity index (χ0n) is 45.4. The van der Waals surface area contributed by atoms with Crippen LogP contribution in [0.2, 0.25) is 0 Å². The number of halogens is 6. The summed E-state index contributed by atoms with van der Waals surface area (Å²) in [5.74, 6) is 0.258. The van der Waals surface area contributed by atoms with Crippen molar-refractivity contribution in [3.63, 3.8) is 0 Å². The van der Waals surface area contributed by atoms with Gasteiger partial charge >= 0.3 is 12.7 Å². The summed E-state index contributed by atoms with van der Waals surface area (Å²) < 4.78 is 81.6. The van der Waals surface area contributed by atoms with Gasteiger partial charge in [0.1, 0.15) is 5.71 Å². The molecule has 17 heteroatoms. The van der Waals surface area contributed by atoms with Crippen LogP contribution in [0.5, 0.6) is 0 Å². The third kappa shape index (κ3) is 16.0. The lowest BCUT2D eigenvalue weighted by Crippen LogP contribution is -2.43. The number of nitrogens with zero attached hydrogens (tertiary/aromatic N) is 7. The highest BCUT2D eigenvalue weighted by molar-refractivity contribution is 6.01. The van der Waals surface area contributed by atoms with Crippen LogP contribution >= 0.6 is 0 Å². The number of pyridine rings is 1. The molecule has 0 aromatic carbocycles. The normalized spacial score (nSPS) is 20.4. The monoisotopic (exact) mass is 1020 g/mol. The number of carbonyl (C=O) groups excluding carboxylic acids is 3. The van der Waals surface area contributed by atoms with Crippen LogP contribution in [0.15, 0.2) is 82.7 Å². The molecule has 1 spiro atoms. The third-order valence-corrected chi connectivity index (χ3v) is 14.0. The van der Waals surface area contributed by atoms with E-state index in [-0.39, 0.29) is 47.1 Å². The van der Waals surface area contributed by atoms with E-state index in [1.165, 1.54) is 45.4 Å². The van der Waals surface area contributed by atoms with Crippen molar-refractivity contribution in [1.29, 1.82) is 0 Å². The number of nitrogens with one attached hydrogen (secondary N) is 1. The Morgan fingerprint density at radius 1 is 1.01 bits per heavy atom. The predicted molar refractivity (Wildman–Crippen MR) is 278 cm³/mol. The quantitative estimate of drug-likeness (QED) is 0.0466. The summed E-state index contributed by atoms with van der Waals surface area (Å²) >= 11 is 0. The summed E-state index contributed by atoms with van der Waals surface area (Å²) in [4.78, 5) is 56.9. The molecule has 1 saturated heterocycles. The van der Waals surface area contributed by atoms with Crippen molar-refractivity contribution in [2.45, 2.75) is 185 Å². The Morgan fingerprint density at radius 3 is 2.19 bits per heavy atom. The minimum atomic E-state index is -4.62. The Kier molecular flexibility index (Phi) is 21.1. The fourth-order valence-electron chi connectivity index (χ4n) is 8.87. The molecule has 4 unspecified atom stereocenters. The summed E-state index contributed by atoms with van der Waals surface area (Å²) in [5.41, 5.74) is 6.80. The Balaban J connectivity index is 0.000000304. The van der Waals surface area contributed by atoms with E-state index in [0.29, 0.717) is 36.7 Å². The van der Waals surface area contributed by atoms with Crippen LogP contribution < -0.4 is 5.43 Å². The molecule has 0 radical (unpaired) electrons. The molecule has 5 heterocycles. The zero-order chi connectivity index (χ0) is 54.7. The molecule has 2 aliphatic heterocycles. The Bertz CT molecular complexity index is 2570. The summed E-state index contributed by atoms with van der Waals surface area (Å²) in [7, 11) is 0. The molecular weight excluding hydrogens is 947 g/mol. The van der Waals surface area contributed by atoms with Gasteiger partial charge in [0.05, 0.1) is 22.8 Å². The van der Waals surface area contributed by atoms with Crippen molar-refractivity contribution in [2.75, 3.05) is 13.1 Å². The molecule has 2 aliphatic carbocycles. The van der Waals surface area contributed by atoms with Gasteiger partial charge in [-0.05, 0) is 125 Å². The molecule has 2 saturated carbocycles. The molecule has 1 N–H and O–H groups in total. The molecule has 73 heavy (non-hydrogen) atoms. The van der Waals surface area contributed by atoms with Crippen LogP contribution in [-0.2, 0) is 14.4 Å². The second-order valence-electron chi connectivity index (χ2n) is 20.7. The van der Waals surface area contributed by atoms with Crippen molar-refractivity contribution in [1.82, 2.24) is 34.7 Å². The van der Waals surface area contributed by atoms with Gasteiger partial charge in [0.2, 0.25) is 11.7 Å². The molecule has 7 rings (SSSR count). The second kappa shape index (κ2) is 25.7. The maximum Gasteiger partial charge on any atom is 0.432 e. The maximum absolute atomic E-state index is 13.7. The number of imidazole rings is 1. The first-order valence-corrected chi connectivity index (χ1v) is 25.8. The van der Waals surface area contributed by atoms with E-state index in [9.17, 15) is 40.7 Å². The van der Waals surface area contributed by atoms with Crippen molar-refractivity contribution in [2.24, 2.45) is 21.7 Å². The van der Waals surface area contributed by atoms with Crippen LogP contribution in [0.25, 0.3) is 17.0 Å². The lowest BCUT2D eigenvalue weighted by molar-refractivity contribution is -0.138. The number of alkyl halides is 5. The number of allylic oxidation sites excluding steroid dienone is 6. The Morgan fingerprint density at radius 2 is 1.67 bits per heavy atom. The molecule has 11 nitrogen and oxygen atoms in total. The first kappa shape index (κ1) is 60.1. The molecule has 0 bridgehead atoms. The molecule has 402 valence electrons. The Hall–Kier alpha value is -5.45. The van der Waals surface area contributed by atoms with Crippen molar-refractivity contribution >= 4 is 29.0 Å². The first-order chi connectivity index (χ1) is 34.2. The molecule has 3 aromatic heterocycles. The molecule has 3 fully saturated rings. The number of likely N-dealkylation sites (tertiary alicyclic amines) is 1. The van der Waals surface area contributed by atoms with Gasteiger partial charge in [0.15, 0.2) is 17.4 Å². The van der Waals surface area contributed by atoms with Gasteiger partial charge in [-0.25, -0.2) is 19.8 Å². The zero-order valence-corrected chi connectivity index (χ0v) is 45.4. The lowest BCUT2D eigenvalue weighted by atomic mass is 9.84. The van der Waals surface area contributed by atoms with Crippen LogP contribution in [-0.4, -0.2) is 90.3 Å². The number of fused-ring (bicyclic) bond motifs is 1. The standard InChI is InChI=1S/C29H31F2N7O2.C20H29F4NO.C5H12.C2H6/c1-16-21(5-6-23(34-16)20-12-32-28-35-24(19-3-4-19)15-36(28)14-20)22-10-29(22)7-8-37(26(29)40)25(17(2)39)9-18-11-33-38(13-18)27(30)31;1-8-16(11-17(21)15(5)26)13(3)10-18(20(22,23)24)25-14(4)12-19(6,7)9-2;1-4-5(2)3;1-2/h5-6,12-15,19,22,25,27,33H,3-4,7-11H2,1-2H3;8,10-11,14H,9,12H2,1-7H3;5H,4H2,1-3H3;1-2H3/b;13-10+,16-8+,17-11+,25-18?;;. The van der Waals surface area contributed by atoms with Crippen molar-refractivity contribution in [3.05, 3.63) is 94.6 Å². The van der Waals surface area contributed by atoms with Crippen LogP contribution in [0.4, 0.5) is 26.3 Å². The number of hydrogen-bond donors (Lipinski definition) is 1. The molecule has 4 atom stereocenters. The number of carbonyl (C=O) groups is 3. The smallest absolute Gasteiger partial charge is 0.332 e. The summed E-state index contributed by atoms with van der Waals surface area (Å²) in [6.07, 6.45) is 12.6. The van der Waals surface area contributed by atoms with Crippen LogP contribution in [0.1, 0.15) is 170 Å². The minimum Gasteiger partial charge on any atom is -0.332 e. The first-order valence-electron chi connectivity index (χ1n) is 25.8. The third-order valence-electron chi connectivity index (χ3n) is 14.0. The van der Waals surface area contributed by atoms with E-state index in [1.807, 2.05) is 58.2 Å². The number of rotatable bonds is 17. The topological polar surface area (TPSA) is 125 Å². The summed E-state index contributed by atoms with van der Waals surface area (Å²) in [6, 6.07) is 2.90. The highest BCUT2D eigenvalue weighted by atomic mass is 19.4. The van der Waals surface area contributed by atoms with Gasteiger partial charge < -0.3 is 4.90 Å². The predicted octanol–water partition coefficient (Wildman–Crippen LogP) is 13.6. The van der Waals surface area contributed by atoms with Gasteiger partial charge in [-0.2, -0.15) is 22.0 Å². The number of ketones is 2. The van der Waals surface area contributed by atoms with Gasteiger partial charge in [-0.1, -0.05) is 80.4 Å². The highest BCUT2D eigenvalue weighted by Crippen LogP contribution is 2.65. The van der Waals surface area contributed by atoms with E-state index >= 15 is 0 Å². The number of aryl methyl sites for hydroxylation is 1. The van der Waals surface area contributed by atoms with E-state index in [0.717, 1.165) is 71.1 Å². The number of hydrogen-bond acceptors (Lipinski definition) is 9. The van der Waals surface area contributed by atoms with Gasteiger partial charge in [0, 0.05) is 73.9 Å². The van der Waals surface area contributed by atoms with Crippen molar-refractivity contribution in [3.8, 4) is 11.3 Å². The molecule has 1 amide bonds. The molecule has 4 aliphatic rings. The number of amides is 1. The largest absolute Gasteiger partial charge is 0.432 e. The number of aromatic nitrogens is 4. The fraction of sp³-hybridized carbons (Fsp3) is 0.589. The average molecular weight is 1030 g/mol. The Labute approximate surface area is 428 Å².